The molecule has 0 aromatic heterocycles. The second-order valence-corrected chi connectivity index (χ2v) is 12.3. The van der Waals surface area contributed by atoms with Gasteiger partial charge in [-0.05, 0) is 54.8 Å². The first-order valence-corrected chi connectivity index (χ1v) is 15.3. The Bertz CT molecular complexity index is 1420. The highest BCUT2D eigenvalue weighted by Crippen LogP contribution is 2.25. The maximum absolute atomic E-state index is 14.0. The molecule has 0 saturated carbocycles. The van der Waals surface area contributed by atoms with Gasteiger partial charge in [0.25, 0.3) is 0 Å². The van der Waals surface area contributed by atoms with Crippen molar-refractivity contribution in [1.29, 1.82) is 0 Å². The number of nitrogens with one attached hydrogen (secondary N) is 1. The highest BCUT2D eigenvalue weighted by molar-refractivity contribution is 7.92. The van der Waals surface area contributed by atoms with E-state index in [1.165, 1.54) is 11.0 Å². The summed E-state index contributed by atoms with van der Waals surface area (Å²) in [5, 5.41) is 3.19. The van der Waals surface area contributed by atoms with Crippen LogP contribution in [0.25, 0.3) is 0 Å². The first-order chi connectivity index (χ1) is 18.9. The Balaban J connectivity index is 2.06. The number of carbonyl (C=O) groups excluding carboxylic acids is 2. The van der Waals surface area contributed by atoms with Crippen molar-refractivity contribution in [2.45, 2.75) is 45.3 Å². The highest BCUT2D eigenvalue weighted by atomic mass is 35.5. The largest absolute Gasteiger partial charge is 0.352 e. The number of halogens is 3. The van der Waals surface area contributed by atoms with Crippen molar-refractivity contribution >= 4 is 50.7 Å². The van der Waals surface area contributed by atoms with E-state index in [4.69, 9.17) is 23.2 Å². The van der Waals surface area contributed by atoms with Crippen LogP contribution in [0.15, 0.2) is 72.8 Å². The Labute approximate surface area is 244 Å². The third-order valence-electron chi connectivity index (χ3n) is 6.41. The van der Waals surface area contributed by atoms with Gasteiger partial charge >= 0.3 is 0 Å². The van der Waals surface area contributed by atoms with Gasteiger partial charge in [0.1, 0.15) is 18.4 Å². The topological polar surface area (TPSA) is 86.8 Å². The zero-order valence-corrected chi connectivity index (χ0v) is 24.8. The summed E-state index contributed by atoms with van der Waals surface area (Å²) in [7, 11) is -4.00. The van der Waals surface area contributed by atoms with Crippen molar-refractivity contribution in [3.8, 4) is 0 Å². The molecule has 0 spiro atoms. The third-order valence-corrected chi connectivity index (χ3v) is 8.09. The molecule has 0 unspecified atom stereocenters. The predicted molar refractivity (Wildman–Crippen MR) is 157 cm³/mol. The van der Waals surface area contributed by atoms with Crippen molar-refractivity contribution in [2.75, 3.05) is 17.1 Å². The zero-order chi connectivity index (χ0) is 29.4. The summed E-state index contributed by atoms with van der Waals surface area (Å²) in [5.41, 5.74) is 1.55. The number of anilines is 1. The lowest BCUT2D eigenvalue weighted by Crippen LogP contribution is -2.54. The van der Waals surface area contributed by atoms with Gasteiger partial charge in [-0.25, -0.2) is 12.8 Å². The van der Waals surface area contributed by atoms with Crippen LogP contribution in [0.5, 0.6) is 0 Å². The molecule has 0 aliphatic heterocycles. The van der Waals surface area contributed by atoms with Crippen LogP contribution in [0.1, 0.15) is 31.4 Å². The van der Waals surface area contributed by atoms with Crippen LogP contribution < -0.4 is 9.62 Å². The second kappa shape index (κ2) is 14.0. The molecule has 0 heterocycles. The van der Waals surface area contributed by atoms with E-state index < -0.39 is 34.3 Å². The minimum Gasteiger partial charge on any atom is -0.352 e. The first-order valence-electron chi connectivity index (χ1n) is 12.7. The standard InChI is InChI=1S/C29H32Cl2FN3O4S/c1-4-20(2)33-29(37)27(16-21-8-6-5-7-9-21)34(18-22-10-12-23(30)13-11-22)28(36)19-35(40(3,38)39)24-14-15-26(32)25(31)17-24/h5-15,17,20,27H,4,16,18-19H2,1-3H3,(H,33,37)/t20-,27+/m0/s1. The van der Waals surface area contributed by atoms with E-state index in [2.05, 4.69) is 5.32 Å². The van der Waals surface area contributed by atoms with Gasteiger partial charge in [0.15, 0.2) is 0 Å². The molecule has 214 valence electrons. The number of carbonyl (C=O) groups is 2. The van der Waals surface area contributed by atoms with E-state index in [0.717, 1.165) is 28.3 Å². The Morgan fingerprint density at radius 2 is 1.62 bits per heavy atom. The highest BCUT2D eigenvalue weighted by Gasteiger charge is 2.33. The Morgan fingerprint density at radius 3 is 2.20 bits per heavy atom. The molecule has 3 aromatic carbocycles. The van der Waals surface area contributed by atoms with Crippen molar-refractivity contribution in [3.05, 3.63) is 99.8 Å². The first kappa shape index (κ1) is 31.4. The Kier molecular flexibility index (Phi) is 11.0. The molecule has 11 heteroatoms. The quantitative estimate of drug-likeness (QED) is 0.296. The van der Waals surface area contributed by atoms with Gasteiger partial charge < -0.3 is 10.2 Å². The number of hydrogen-bond donors (Lipinski definition) is 1. The molecule has 0 bridgehead atoms. The van der Waals surface area contributed by atoms with Crippen molar-refractivity contribution in [2.24, 2.45) is 0 Å². The fraction of sp³-hybridized carbons (Fsp3) is 0.310. The predicted octanol–water partition coefficient (Wildman–Crippen LogP) is 5.45. The molecular weight excluding hydrogens is 576 g/mol. The van der Waals surface area contributed by atoms with Crippen LogP contribution in [0, 0.1) is 5.82 Å². The molecule has 0 saturated heterocycles. The molecule has 0 aliphatic carbocycles. The molecule has 2 atom stereocenters. The van der Waals surface area contributed by atoms with Gasteiger partial charge in [0, 0.05) is 24.0 Å². The number of hydrogen-bond acceptors (Lipinski definition) is 4. The lowest BCUT2D eigenvalue weighted by atomic mass is 10.0. The van der Waals surface area contributed by atoms with Crippen LogP contribution >= 0.6 is 23.2 Å². The molecular formula is C29H32Cl2FN3O4S. The molecule has 3 aromatic rings. The minimum atomic E-state index is -4.00. The fourth-order valence-electron chi connectivity index (χ4n) is 4.04. The molecule has 0 fully saturated rings. The average molecular weight is 609 g/mol. The maximum atomic E-state index is 14.0. The summed E-state index contributed by atoms with van der Waals surface area (Å²) in [6, 6.07) is 18.4. The molecule has 40 heavy (non-hydrogen) atoms. The van der Waals surface area contributed by atoms with Gasteiger partial charge in [0.2, 0.25) is 21.8 Å². The summed E-state index contributed by atoms with van der Waals surface area (Å²) in [4.78, 5) is 29.0. The summed E-state index contributed by atoms with van der Waals surface area (Å²) in [6.45, 7) is 3.19. The maximum Gasteiger partial charge on any atom is 0.244 e. The van der Waals surface area contributed by atoms with Gasteiger partial charge in [0.05, 0.1) is 17.0 Å². The van der Waals surface area contributed by atoms with E-state index in [1.807, 2.05) is 44.2 Å². The molecule has 0 aliphatic rings. The molecule has 0 radical (unpaired) electrons. The summed E-state index contributed by atoms with van der Waals surface area (Å²) in [5.74, 6) is -1.71. The smallest absolute Gasteiger partial charge is 0.244 e. The summed E-state index contributed by atoms with van der Waals surface area (Å²) >= 11 is 12.0. The average Bonchev–Trinajstić information content (AvgIpc) is 2.91. The minimum absolute atomic E-state index is 0.0171. The lowest BCUT2D eigenvalue weighted by Gasteiger charge is -2.34. The van der Waals surface area contributed by atoms with Crippen molar-refractivity contribution in [3.63, 3.8) is 0 Å². The van der Waals surface area contributed by atoms with Crippen LogP contribution in [0.3, 0.4) is 0 Å². The number of nitrogens with zero attached hydrogens (tertiary/aromatic N) is 2. The van der Waals surface area contributed by atoms with Crippen LogP contribution in [0.2, 0.25) is 10.0 Å². The third kappa shape index (κ3) is 8.68. The van der Waals surface area contributed by atoms with Gasteiger partial charge in [-0.3, -0.25) is 13.9 Å². The van der Waals surface area contributed by atoms with Gasteiger partial charge in [-0.1, -0.05) is 72.6 Å². The summed E-state index contributed by atoms with van der Waals surface area (Å²) < 4.78 is 40.2. The number of benzene rings is 3. The van der Waals surface area contributed by atoms with E-state index in [9.17, 15) is 22.4 Å². The second-order valence-electron chi connectivity index (χ2n) is 9.54. The molecule has 2 amide bonds. The molecule has 7 nitrogen and oxygen atoms in total. The Morgan fingerprint density at radius 1 is 0.975 bits per heavy atom. The number of rotatable bonds is 12. The summed E-state index contributed by atoms with van der Waals surface area (Å²) in [6.07, 6.45) is 1.82. The zero-order valence-electron chi connectivity index (χ0n) is 22.5. The van der Waals surface area contributed by atoms with Crippen LogP contribution in [-0.2, 0) is 32.6 Å². The van der Waals surface area contributed by atoms with Crippen molar-refractivity contribution < 1.29 is 22.4 Å². The van der Waals surface area contributed by atoms with Crippen LogP contribution in [-0.4, -0.2) is 50.0 Å². The number of amides is 2. The van der Waals surface area contributed by atoms with E-state index in [-0.39, 0.29) is 35.6 Å². The van der Waals surface area contributed by atoms with E-state index >= 15 is 0 Å². The monoisotopic (exact) mass is 607 g/mol. The Hall–Kier alpha value is -3.14. The molecule has 1 N–H and O–H groups in total. The number of sulfonamides is 1. The molecule has 3 rings (SSSR count). The SMILES string of the molecule is CC[C@H](C)NC(=O)[C@@H](Cc1ccccc1)N(Cc1ccc(Cl)cc1)C(=O)CN(c1ccc(F)c(Cl)c1)S(C)(=O)=O. The van der Waals surface area contributed by atoms with Crippen molar-refractivity contribution in [1.82, 2.24) is 10.2 Å². The fourth-order valence-corrected chi connectivity index (χ4v) is 5.18. The normalized spacial score (nSPS) is 12.8. The van der Waals surface area contributed by atoms with E-state index in [1.54, 1.807) is 24.3 Å². The van der Waals surface area contributed by atoms with Gasteiger partial charge in [-0.15, -0.1) is 0 Å². The lowest BCUT2D eigenvalue weighted by molar-refractivity contribution is -0.140. The van der Waals surface area contributed by atoms with E-state index in [0.29, 0.717) is 17.0 Å². The van der Waals surface area contributed by atoms with Gasteiger partial charge in [-0.2, -0.15) is 0 Å². The van der Waals surface area contributed by atoms with Crippen LogP contribution in [0.4, 0.5) is 10.1 Å².